The quantitative estimate of drug-likeness (QED) is 0.551. The summed E-state index contributed by atoms with van der Waals surface area (Å²) in [5.74, 6) is 2.23. The standard InChI is InChI=1S/C20H23ClO3/c1-3-8-16-11-12-19(20(15-16)22-2)24-14-7-6-13-23-18-10-5-4-9-17(18)21/h3-5,8-12,15H,6-7,13-14H2,1-2H3/b8-3+. The molecule has 2 aromatic carbocycles. The maximum absolute atomic E-state index is 6.04. The van der Waals surface area contributed by atoms with Crippen LogP contribution in [-0.4, -0.2) is 20.3 Å². The van der Waals surface area contributed by atoms with Gasteiger partial charge in [0.15, 0.2) is 11.5 Å². The van der Waals surface area contributed by atoms with Gasteiger partial charge in [-0.3, -0.25) is 0 Å². The molecule has 0 aromatic heterocycles. The van der Waals surface area contributed by atoms with Crippen LogP contribution in [0.2, 0.25) is 5.02 Å². The molecule has 0 aliphatic heterocycles. The second kappa shape index (κ2) is 9.89. The highest BCUT2D eigenvalue weighted by Crippen LogP contribution is 2.29. The van der Waals surface area contributed by atoms with E-state index in [-0.39, 0.29) is 0 Å². The Morgan fingerprint density at radius 2 is 1.62 bits per heavy atom. The van der Waals surface area contributed by atoms with Crippen LogP contribution in [0.5, 0.6) is 17.2 Å². The third-order valence-corrected chi connectivity index (χ3v) is 3.75. The van der Waals surface area contributed by atoms with Gasteiger partial charge in [-0.05, 0) is 49.6 Å². The van der Waals surface area contributed by atoms with Crippen LogP contribution in [0, 0.1) is 0 Å². The van der Waals surface area contributed by atoms with Gasteiger partial charge in [0.1, 0.15) is 5.75 Å². The van der Waals surface area contributed by atoms with E-state index in [4.69, 9.17) is 25.8 Å². The number of para-hydroxylation sites is 1. The fraction of sp³-hybridized carbons (Fsp3) is 0.300. The number of hydrogen-bond donors (Lipinski definition) is 0. The molecule has 0 fully saturated rings. The number of rotatable bonds is 9. The summed E-state index contributed by atoms with van der Waals surface area (Å²) >= 11 is 6.04. The van der Waals surface area contributed by atoms with Crippen molar-refractivity contribution in [1.82, 2.24) is 0 Å². The molecule has 0 N–H and O–H groups in total. The van der Waals surface area contributed by atoms with Crippen molar-refractivity contribution in [2.75, 3.05) is 20.3 Å². The number of ether oxygens (including phenoxy) is 3. The molecule has 0 saturated carbocycles. The van der Waals surface area contributed by atoms with Gasteiger partial charge in [0.25, 0.3) is 0 Å². The van der Waals surface area contributed by atoms with Gasteiger partial charge in [0.2, 0.25) is 0 Å². The van der Waals surface area contributed by atoms with Gasteiger partial charge in [0, 0.05) is 0 Å². The van der Waals surface area contributed by atoms with Crippen molar-refractivity contribution in [3.05, 3.63) is 59.1 Å². The van der Waals surface area contributed by atoms with Crippen molar-refractivity contribution in [1.29, 1.82) is 0 Å². The zero-order chi connectivity index (χ0) is 17.2. The molecule has 128 valence electrons. The minimum atomic E-state index is 0.616. The Morgan fingerprint density at radius 3 is 2.29 bits per heavy atom. The molecular formula is C20H23ClO3. The number of hydrogen-bond acceptors (Lipinski definition) is 3. The molecule has 0 spiro atoms. The Hall–Kier alpha value is -2.13. The third-order valence-electron chi connectivity index (χ3n) is 3.44. The molecule has 24 heavy (non-hydrogen) atoms. The highest BCUT2D eigenvalue weighted by Gasteiger charge is 2.05. The predicted octanol–water partition coefficient (Wildman–Crippen LogP) is 5.62. The van der Waals surface area contributed by atoms with Crippen LogP contribution in [0.1, 0.15) is 25.3 Å². The summed E-state index contributed by atoms with van der Waals surface area (Å²) in [7, 11) is 1.65. The topological polar surface area (TPSA) is 27.7 Å². The maximum atomic E-state index is 6.04. The van der Waals surface area contributed by atoms with Crippen molar-refractivity contribution >= 4 is 17.7 Å². The highest BCUT2D eigenvalue weighted by atomic mass is 35.5. The Kier molecular flexibility index (Phi) is 7.50. The number of allylic oxidation sites excluding steroid dienone is 1. The lowest BCUT2D eigenvalue weighted by atomic mass is 10.2. The number of unbranched alkanes of at least 4 members (excludes halogenated alkanes) is 1. The first kappa shape index (κ1) is 18.2. The van der Waals surface area contributed by atoms with E-state index < -0.39 is 0 Å². The normalized spacial score (nSPS) is 10.8. The van der Waals surface area contributed by atoms with E-state index >= 15 is 0 Å². The molecule has 0 bridgehead atoms. The first-order valence-corrected chi connectivity index (χ1v) is 8.43. The fourth-order valence-corrected chi connectivity index (χ4v) is 2.42. The summed E-state index contributed by atoms with van der Waals surface area (Å²) in [5, 5.41) is 0.639. The summed E-state index contributed by atoms with van der Waals surface area (Å²) in [5.41, 5.74) is 1.09. The molecular weight excluding hydrogens is 324 g/mol. The lowest BCUT2D eigenvalue weighted by Crippen LogP contribution is -2.03. The number of methoxy groups -OCH3 is 1. The Bertz CT molecular complexity index is 668. The van der Waals surface area contributed by atoms with Crippen molar-refractivity contribution < 1.29 is 14.2 Å². The molecule has 0 amide bonds. The van der Waals surface area contributed by atoms with Crippen LogP contribution in [0.25, 0.3) is 6.08 Å². The van der Waals surface area contributed by atoms with Crippen molar-refractivity contribution in [2.45, 2.75) is 19.8 Å². The van der Waals surface area contributed by atoms with Gasteiger partial charge in [-0.2, -0.15) is 0 Å². The van der Waals surface area contributed by atoms with Gasteiger partial charge in [0.05, 0.1) is 25.3 Å². The van der Waals surface area contributed by atoms with E-state index in [2.05, 4.69) is 0 Å². The van der Waals surface area contributed by atoms with Crippen molar-refractivity contribution in [3.8, 4) is 17.2 Å². The third kappa shape index (κ3) is 5.50. The van der Waals surface area contributed by atoms with Crippen LogP contribution >= 0.6 is 11.6 Å². The predicted molar refractivity (Wildman–Crippen MR) is 99.4 cm³/mol. The Labute approximate surface area is 148 Å². The monoisotopic (exact) mass is 346 g/mol. The van der Waals surface area contributed by atoms with Crippen LogP contribution in [-0.2, 0) is 0 Å². The SMILES string of the molecule is C/C=C/c1ccc(OCCCCOc2ccccc2Cl)c(OC)c1. The summed E-state index contributed by atoms with van der Waals surface area (Å²) in [6.45, 7) is 3.22. The van der Waals surface area contributed by atoms with Gasteiger partial charge in [-0.1, -0.05) is 42.0 Å². The smallest absolute Gasteiger partial charge is 0.161 e. The van der Waals surface area contributed by atoms with Gasteiger partial charge < -0.3 is 14.2 Å². The van der Waals surface area contributed by atoms with E-state index in [1.807, 2.05) is 61.5 Å². The minimum Gasteiger partial charge on any atom is -0.493 e. The Morgan fingerprint density at radius 1 is 0.917 bits per heavy atom. The first-order chi connectivity index (χ1) is 11.7. The average Bonchev–Trinajstić information content (AvgIpc) is 2.60. The zero-order valence-corrected chi connectivity index (χ0v) is 14.9. The second-order valence-corrected chi connectivity index (χ2v) is 5.65. The number of halogens is 1. The minimum absolute atomic E-state index is 0.616. The van der Waals surface area contributed by atoms with E-state index in [1.54, 1.807) is 7.11 Å². The fourth-order valence-electron chi connectivity index (χ4n) is 2.23. The van der Waals surface area contributed by atoms with Crippen LogP contribution in [0.4, 0.5) is 0 Å². The summed E-state index contributed by atoms with van der Waals surface area (Å²) < 4.78 is 16.8. The molecule has 0 heterocycles. The summed E-state index contributed by atoms with van der Waals surface area (Å²) in [6.07, 6.45) is 5.81. The van der Waals surface area contributed by atoms with Crippen molar-refractivity contribution in [2.24, 2.45) is 0 Å². The van der Waals surface area contributed by atoms with E-state index in [0.29, 0.717) is 18.2 Å². The number of benzene rings is 2. The zero-order valence-electron chi connectivity index (χ0n) is 14.1. The lowest BCUT2D eigenvalue weighted by Gasteiger charge is -2.12. The maximum Gasteiger partial charge on any atom is 0.161 e. The van der Waals surface area contributed by atoms with Crippen molar-refractivity contribution in [3.63, 3.8) is 0 Å². The average molecular weight is 347 g/mol. The van der Waals surface area contributed by atoms with Gasteiger partial charge in [-0.15, -0.1) is 0 Å². The second-order valence-electron chi connectivity index (χ2n) is 5.24. The van der Waals surface area contributed by atoms with Crippen LogP contribution in [0.3, 0.4) is 0 Å². The van der Waals surface area contributed by atoms with E-state index in [1.165, 1.54) is 0 Å². The molecule has 0 aliphatic rings. The molecule has 2 rings (SSSR count). The van der Waals surface area contributed by atoms with E-state index in [9.17, 15) is 0 Å². The molecule has 0 atom stereocenters. The molecule has 0 radical (unpaired) electrons. The summed E-state index contributed by atoms with van der Waals surface area (Å²) in [6, 6.07) is 13.4. The largest absolute Gasteiger partial charge is 0.493 e. The molecule has 0 unspecified atom stereocenters. The van der Waals surface area contributed by atoms with Crippen LogP contribution in [0.15, 0.2) is 48.5 Å². The van der Waals surface area contributed by atoms with Gasteiger partial charge in [-0.25, -0.2) is 0 Å². The molecule has 0 saturated heterocycles. The van der Waals surface area contributed by atoms with E-state index in [0.717, 1.165) is 35.7 Å². The molecule has 0 aliphatic carbocycles. The van der Waals surface area contributed by atoms with Crippen LogP contribution < -0.4 is 14.2 Å². The molecule has 3 nitrogen and oxygen atoms in total. The Balaban J connectivity index is 1.73. The summed E-state index contributed by atoms with van der Waals surface area (Å²) in [4.78, 5) is 0. The van der Waals surface area contributed by atoms with Gasteiger partial charge >= 0.3 is 0 Å². The first-order valence-electron chi connectivity index (χ1n) is 8.05. The molecule has 4 heteroatoms. The lowest BCUT2D eigenvalue weighted by molar-refractivity contribution is 0.258. The highest BCUT2D eigenvalue weighted by molar-refractivity contribution is 6.32. The molecule has 2 aromatic rings.